The zero-order valence-electron chi connectivity index (χ0n) is 9.50. The number of hydrogen-bond acceptors (Lipinski definition) is 5. The molecule has 1 fully saturated rings. The molecule has 1 aromatic heterocycles. The maximum absolute atomic E-state index is 11.9. The van der Waals surface area contributed by atoms with Crippen LogP contribution in [0, 0.1) is 0 Å². The molecule has 6 nitrogen and oxygen atoms in total. The molecule has 0 bridgehead atoms. The van der Waals surface area contributed by atoms with E-state index in [1.54, 1.807) is 24.4 Å². The standard InChI is InChI=1S/C11H10N2O4S/c1-17-9(14)6-13-10(15)8(18-11(13)16)5-7-3-2-4-12-7/h2-5,12H,6H2,1H3/b8-5-. The highest BCUT2D eigenvalue weighted by atomic mass is 32.2. The van der Waals surface area contributed by atoms with Gasteiger partial charge in [-0.2, -0.15) is 0 Å². The molecule has 0 radical (unpaired) electrons. The Bertz CT molecular complexity index is 521. The fourth-order valence-electron chi connectivity index (χ4n) is 1.41. The van der Waals surface area contributed by atoms with Gasteiger partial charge in [-0.25, -0.2) is 0 Å². The summed E-state index contributed by atoms with van der Waals surface area (Å²) in [6.45, 7) is -0.358. The van der Waals surface area contributed by atoms with Crippen LogP contribution < -0.4 is 0 Å². The van der Waals surface area contributed by atoms with Crippen LogP contribution in [0.5, 0.6) is 0 Å². The summed E-state index contributed by atoms with van der Waals surface area (Å²) in [5, 5.41) is -0.469. The topological polar surface area (TPSA) is 79.5 Å². The molecule has 0 atom stereocenters. The van der Waals surface area contributed by atoms with Gasteiger partial charge in [0.15, 0.2) is 0 Å². The first-order chi connectivity index (χ1) is 8.61. The quantitative estimate of drug-likeness (QED) is 0.657. The minimum absolute atomic E-state index is 0.284. The van der Waals surface area contributed by atoms with Gasteiger partial charge in [0.05, 0.1) is 12.0 Å². The molecule has 1 aliphatic rings. The van der Waals surface area contributed by atoms with Crippen molar-refractivity contribution in [2.75, 3.05) is 13.7 Å². The van der Waals surface area contributed by atoms with E-state index in [1.807, 2.05) is 0 Å². The number of hydrogen-bond donors (Lipinski definition) is 1. The van der Waals surface area contributed by atoms with E-state index in [0.29, 0.717) is 0 Å². The summed E-state index contributed by atoms with van der Waals surface area (Å²) in [6, 6.07) is 3.55. The number of nitrogens with zero attached hydrogens (tertiary/aromatic N) is 1. The number of thioether (sulfide) groups is 1. The third-order valence-corrected chi connectivity index (χ3v) is 3.20. The predicted octanol–water partition coefficient (Wildman–Crippen LogP) is 1.22. The monoisotopic (exact) mass is 266 g/mol. The Balaban J connectivity index is 2.16. The van der Waals surface area contributed by atoms with Crippen LogP contribution in [0.3, 0.4) is 0 Å². The minimum Gasteiger partial charge on any atom is -0.468 e. The number of aromatic amines is 1. The molecular formula is C11H10N2O4S. The maximum Gasteiger partial charge on any atom is 0.325 e. The van der Waals surface area contributed by atoms with Crippen molar-refractivity contribution < 1.29 is 19.1 Å². The van der Waals surface area contributed by atoms with Crippen molar-refractivity contribution in [2.45, 2.75) is 0 Å². The van der Waals surface area contributed by atoms with Gasteiger partial charge in [0, 0.05) is 11.9 Å². The van der Waals surface area contributed by atoms with Crippen LogP contribution in [0.15, 0.2) is 23.2 Å². The molecule has 0 unspecified atom stereocenters. The van der Waals surface area contributed by atoms with E-state index >= 15 is 0 Å². The zero-order chi connectivity index (χ0) is 13.1. The molecular weight excluding hydrogens is 256 g/mol. The van der Waals surface area contributed by atoms with E-state index < -0.39 is 17.1 Å². The first-order valence-corrected chi connectivity index (χ1v) is 5.89. The Hall–Kier alpha value is -2.02. The van der Waals surface area contributed by atoms with Crippen LogP contribution in [0.2, 0.25) is 0 Å². The van der Waals surface area contributed by atoms with Crippen LogP contribution >= 0.6 is 11.8 Å². The summed E-state index contributed by atoms with van der Waals surface area (Å²) < 4.78 is 4.43. The highest BCUT2D eigenvalue weighted by molar-refractivity contribution is 8.18. The number of amides is 2. The molecule has 1 N–H and O–H groups in total. The lowest BCUT2D eigenvalue weighted by Gasteiger charge is -2.09. The van der Waals surface area contributed by atoms with Gasteiger partial charge < -0.3 is 9.72 Å². The highest BCUT2D eigenvalue weighted by Gasteiger charge is 2.36. The average Bonchev–Trinajstić information content (AvgIpc) is 2.94. The molecule has 1 aromatic rings. The molecule has 0 aromatic carbocycles. The van der Waals surface area contributed by atoms with E-state index in [1.165, 1.54) is 7.11 Å². The number of nitrogens with one attached hydrogen (secondary N) is 1. The summed E-state index contributed by atoms with van der Waals surface area (Å²) in [4.78, 5) is 38.6. The van der Waals surface area contributed by atoms with Gasteiger partial charge >= 0.3 is 5.97 Å². The van der Waals surface area contributed by atoms with Crippen molar-refractivity contribution in [2.24, 2.45) is 0 Å². The molecule has 1 aliphatic heterocycles. The van der Waals surface area contributed by atoms with Gasteiger partial charge in [0.2, 0.25) is 0 Å². The number of esters is 1. The lowest BCUT2D eigenvalue weighted by Crippen LogP contribution is -2.34. The molecule has 18 heavy (non-hydrogen) atoms. The summed E-state index contributed by atoms with van der Waals surface area (Å²) >= 11 is 0.803. The average molecular weight is 266 g/mol. The first-order valence-electron chi connectivity index (χ1n) is 5.07. The lowest BCUT2D eigenvalue weighted by molar-refractivity contribution is -0.143. The fraction of sp³-hybridized carbons (Fsp3) is 0.182. The lowest BCUT2D eigenvalue weighted by atomic mass is 10.3. The number of aromatic nitrogens is 1. The molecule has 1 saturated heterocycles. The Kier molecular flexibility index (Phi) is 3.52. The number of rotatable bonds is 3. The number of ether oxygens (including phenoxy) is 1. The SMILES string of the molecule is COC(=O)CN1C(=O)S/C(=C\c2ccc[nH]2)C1=O. The van der Waals surface area contributed by atoms with Gasteiger partial charge in [-0.1, -0.05) is 0 Å². The van der Waals surface area contributed by atoms with Crippen molar-refractivity contribution in [3.63, 3.8) is 0 Å². The summed E-state index contributed by atoms with van der Waals surface area (Å²) in [6.07, 6.45) is 3.28. The van der Waals surface area contributed by atoms with Crippen molar-refractivity contribution in [1.29, 1.82) is 0 Å². The predicted molar refractivity (Wildman–Crippen MR) is 65.5 cm³/mol. The number of carbonyl (C=O) groups is 3. The number of imide groups is 1. The van der Waals surface area contributed by atoms with Gasteiger partial charge in [-0.05, 0) is 30.0 Å². The number of methoxy groups -OCH3 is 1. The molecule has 7 heteroatoms. The Morgan fingerprint density at radius 3 is 2.94 bits per heavy atom. The number of carbonyl (C=O) groups excluding carboxylic acids is 3. The van der Waals surface area contributed by atoms with Gasteiger partial charge in [-0.3, -0.25) is 19.3 Å². The Labute approximate surface area is 107 Å². The molecule has 0 spiro atoms. The highest BCUT2D eigenvalue weighted by Crippen LogP contribution is 2.31. The van der Waals surface area contributed by atoms with Crippen LogP contribution in [0.1, 0.15) is 5.69 Å². The largest absolute Gasteiger partial charge is 0.468 e. The second-order valence-corrected chi connectivity index (χ2v) is 4.46. The van der Waals surface area contributed by atoms with E-state index in [9.17, 15) is 14.4 Å². The molecule has 2 rings (SSSR count). The summed E-state index contributed by atoms with van der Waals surface area (Å²) in [5.74, 6) is -1.11. The van der Waals surface area contributed by atoms with Crippen LogP contribution in [-0.4, -0.2) is 40.7 Å². The normalized spacial score (nSPS) is 17.6. The fourth-order valence-corrected chi connectivity index (χ4v) is 2.23. The summed E-state index contributed by atoms with van der Waals surface area (Å²) in [5.41, 5.74) is 0.721. The van der Waals surface area contributed by atoms with Crippen molar-refractivity contribution in [3.8, 4) is 0 Å². The first kappa shape index (κ1) is 12.4. The van der Waals surface area contributed by atoms with Gasteiger partial charge in [0.25, 0.3) is 11.1 Å². The third-order valence-electron chi connectivity index (χ3n) is 2.30. The molecule has 94 valence electrons. The minimum atomic E-state index is -0.626. The van der Waals surface area contributed by atoms with E-state index in [4.69, 9.17) is 0 Å². The van der Waals surface area contributed by atoms with E-state index in [2.05, 4.69) is 9.72 Å². The smallest absolute Gasteiger partial charge is 0.325 e. The van der Waals surface area contributed by atoms with Crippen molar-refractivity contribution >= 4 is 35.0 Å². The Morgan fingerprint density at radius 2 is 2.33 bits per heavy atom. The second kappa shape index (κ2) is 5.09. The van der Waals surface area contributed by atoms with E-state index in [-0.39, 0.29) is 11.4 Å². The van der Waals surface area contributed by atoms with Crippen molar-refractivity contribution in [3.05, 3.63) is 28.9 Å². The van der Waals surface area contributed by atoms with Crippen LogP contribution in [0.25, 0.3) is 6.08 Å². The van der Waals surface area contributed by atoms with Gasteiger partial charge in [0.1, 0.15) is 6.54 Å². The van der Waals surface area contributed by atoms with Crippen LogP contribution in [0.4, 0.5) is 4.79 Å². The summed E-state index contributed by atoms with van der Waals surface area (Å²) in [7, 11) is 1.20. The number of H-pyrrole nitrogens is 1. The molecule has 2 amide bonds. The van der Waals surface area contributed by atoms with Crippen molar-refractivity contribution in [1.82, 2.24) is 9.88 Å². The van der Waals surface area contributed by atoms with E-state index in [0.717, 1.165) is 22.4 Å². The third kappa shape index (κ3) is 2.45. The Morgan fingerprint density at radius 1 is 1.56 bits per heavy atom. The van der Waals surface area contributed by atoms with Crippen LogP contribution in [-0.2, 0) is 14.3 Å². The molecule has 0 aliphatic carbocycles. The maximum atomic E-state index is 11.9. The second-order valence-electron chi connectivity index (χ2n) is 3.47. The zero-order valence-corrected chi connectivity index (χ0v) is 10.3. The van der Waals surface area contributed by atoms with Gasteiger partial charge in [-0.15, -0.1) is 0 Å². The molecule has 2 heterocycles. The molecule has 0 saturated carbocycles.